The summed E-state index contributed by atoms with van der Waals surface area (Å²) in [6.45, 7) is 11.4. The normalized spacial score (nSPS) is 11.5. The van der Waals surface area contributed by atoms with Gasteiger partial charge in [0.25, 0.3) is 5.91 Å². The van der Waals surface area contributed by atoms with Crippen molar-refractivity contribution in [2.24, 2.45) is 4.99 Å². The summed E-state index contributed by atoms with van der Waals surface area (Å²) in [5.74, 6) is 1.07. The van der Waals surface area contributed by atoms with Crippen molar-refractivity contribution in [1.82, 2.24) is 4.57 Å². The molecule has 7 heteroatoms. The molecule has 3 rings (SSSR count). The summed E-state index contributed by atoms with van der Waals surface area (Å²) in [6, 6.07) is 11.3. The molecule has 0 N–H and O–H groups in total. The van der Waals surface area contributed by atoms with E-state index >= 15 is 0 Å². The maximum Gasteiger partial charge on any atom is 0.279 e. The Bertz CT molecular complexity index is 1090. The van der Waals surface area contributed by atoms with Crippen molar-refractivity contribution < 1.29 is 19.0 Å². The quantitative estimate of drug-likeness (QED) is 0.460. The molecule has 0 atom stereocenters. The standard InChI is InChI=1S/C23H26N2O4S/c1-5-13-25-17-11-9-10-12-20(17)30-23(25)24-22(26)16-14-18(27-6-2)21(29-8-4)19(15-16)28-7-3/h5,9-12,14-15H,1,6-8,13H2,2-4H3. The Hall–Kier alpha value is -3.06. The highest BCUT2D eigenvalue weighted by atomic mass is 32.1. The minimum Gasteiger partial charge on any atom is -0.490 e. The van der Waals surface area contributed by atoms with E-state index in [9.17, 15) is 4.79 Å². The van der Waals surface area contributed by atoms with Crippen LogP contribution < -0.4 is 19.0 Å². The Morgan fingerprint density at radius 3 is 2.30 bits per heavy atom. The van der Waals surface area contributed by atoms with E-state index in [1.54, 1.807) is 18.2 Å². The van der Waals surface area contributed by atoms with Crippen LogP contribution in [-0.4, -0.2) is 30.3 Å². The smallest absolute Gasteiger partial charge is 0.279 e. The summed E-state index contributed by atoms with van der Waals surface area (Å²) in [5.41, 5.74) is 1.40. The van der Waals surface area contributed by atoms with Gasteiger partial charge in [-0.25, -0.2) is 0 Å². The van der Waals surface area contributed by atoms with Gasteiger partial charge in [-0.2, -0.15) is 4.99 Å². The molecule has 0 saturated heterocycles. The minimum absolute atomic E-state index is 0.371. The number of thiazole rings is 1. The van der Waals surface area contributed by atoms with Gasteiger partial charge in [0.2, 0.25) is 5.75 Å². The predicted octanol–water partition coefficient (Wildman–Crippen LogP) is 4.83. The third-order valence-electron chi connectivity index (χ3n) is 4.25. The van der Waals surface area contributed by atoms with E-state index in [1.165, 1.54) is 11.3 Å². The number of fused-ring (bicyclic) bond motifs is 1. The summed E-state index contributed by atoms with van der Waals surface area (Å²) >= 11 is 1.47. The van der Waals surface area contributed by atoms with Crippen molar-refractivity contribution in [3.05, 3.63) is 59.4 Å². The summed E-state index contributed by atoms with van der Waals surface area (Å²) in [6.07, 6.45) is 1.79. The second-order valence-corrected chi connectivity index (χ2v) is 7.28. The number of carbonyl (C=O) groups excluding carboxylic acids is 1. The van der Waals surface area contributed by atoms with Gasteiger partial charge in [-0.3, -0.25) is 4.79 Å². The molecule has 2 aromatic carbocycles. The Morgan fingerprint density at radius 2 is 1.70 bits per heavy atom. The van der Waals surface area contributed by atoms with E-state index in [1.807, 2.05) is 49.6 Å². The van der Waals surface area contributed by atoms with Gasteiger partial charge >= 0.3 is 0 Å². The fraction of sp³-hybridized carbons (Fsp3) is 0.304. The first kappa shape index (κ1) is 21.6. The molecule has 0 spiro atoms. The molecular weight excluding hydrogens is 400 g/mol. The molecule has 0 aliphatic heterocycles. The maximum absolute atomic E-state index is 13.1. The Morgan fingerprint density at radius 1 is 1.07 bits per heavy atom. The molecule has 6 nitrogen and oxygen atoms in total. The van der Waals surface area contributed by atoms with Gasteiger partial charge in [-0.1, -0.05) is 29.5 Å². The van der Waals surface area contributed by atoms with Gasteiger partial charge in [-0.15, -0.1) is 6.58 Å². The molecule has 1 heterocycles. The summed E-state index contributed by atoms with van der Waals surface area (Å²) in [5, 5.41) is 0. The average Bonchev–Trinajstić information content (AvgIpc) is 3.08. The van der Waals surface area contributed by atoms with Crippen molar-refractivity contribution in [1.29, 1.82) is 0 Å². The number of hydrogen-bond acceptors (Lipinski definition) is 5. The first-order chi connectivity index (χ1) is 14.6. The lowest BCUT2D eigenvalue weighted by Gasteiger charge is -2.16. The highest BCUT2D eigenvalue weighted by Gasteiger charge is 2.18. The monoisotopic (exact) mass is 426 g/mol. The number of nitrogens with zero attached hydrogens (tertiary/aromatic N) is 2. The molecule has 1 amide bonds. The number of aromatic nitrogens is 1. The van der Waals surface area contributed by atoms with Gasteiger partial charge in [0.05, 0.1) is 30.0 Å². The zero-order valence-electron chi connectivity index (χ0n) is 17.5. The number of benzene rings is 2. The fourth-order valence-corrected chi connectivity index (χ4v) is 4.11. The van der Waals surface area contributed by atoms with Crippen molar-refractivity contribution in [3.8, 4) is 17.2 Å². The first-order valence-electron chi connectivity index (χ1n) is 9.97. The lowest BCUT2D eigenvalue weighted by atomic mass is 10.1. The van der Waals surface area contributed by atoms with Crippen molar-refractivity contribution in [3.63, 3.8) is 0 Å². The molecule has 158 valence electrons. The molecule has 0 aliphatic rings. The second kappa shape index (κ2) is 10.1. The van der Waals surface area contributed by atoms with Crippen LogP contribution in [0.4, 0.5) is 0 Å². The van der Waals surface area contributed by atoms with Crippen LogP contribution in [0.3, 0.4) is 0 Å². The molecule has 0 radical (unpaired) electrons. The highest BCUT2D eigenvalue weighted by Crippen LogP contribution is 2.39. The van der Waals surface area contributed by atoms with Gasteiger partial charge in [0.15, 0.2) is 16.3 Å². The van der Waals surface area contributed by atoms with E-state index in [2.05, 4.69) is 11.6 Å². The topological polar surface area (TPSA) is 62.1 Å². The zero-order chi connectivity index (χ0) is 21.5. The molecule has 0 bridgehead atoms. The number of para-hydroxylation sites is 1. The highest BCUT2D eigenvalue weighted by molar-refractivity contribution is 7.16. The van der Waals surface area contributed by atoms with Crippen LogP contribution in [0.15, 0.2) is 54.0 Å². The molecule has 3 aromatic rings. The number of amides is 1. The molecule has 0 aliphatic carbocycles. The van der Waals surface area contributed by atoms with Crippen molar-refractivity contribution in [2.75, 3.05) is 19.8 Å². The molecular formula is C23H26N2O4S. The van der Waals surface area contributed by atoms with Crippen LogP contribution in [0.1, 0.15) is 31.1 Å². The van der Waals surface area contributed by atoms with Crippen LogP contribution in [0.25, 0.3) is 10.2 Å². The van der Waals surface area contributed by atoms with Gasteiger partial charge < -0.3 is 18.8 Å². The van der Waals surface area contributed by atoms with Gasteiger partial charge in [0.1, 0.15) is 0 Å². The molecule has 1 aromatic heterocycles. The van der Waals surface area contributed by atoms with E-state index in [0.29, 0.717) is 54.0 Å². The molecule has 0 unspecified atom stereocenters. The van der Waals surface area contributed by atoms with Gasteiger partial charge in [-0.05, 0) is 45.0 Å². The van der Waals surface area contributed by atoms with Crippen LogP contribution in [0.2, 0.25) is 0 Å². The van der Waals surface area contributed by atoms with Crippen LogP contribution in [0.5, 0.6) is 17.2 Å². The summed E-state index contributed by atoms with van der Waals surface area (Å²) in [7, 11) is 0. The van der Waals surface area contributed by atoms with E-state index < -0.39 is 0 Å². The number of rotatable bonds is 9. The van der Waals surface area contributed by atoms with Crippen LogP contribution >= 0.6 is 11.3 Å². The Labute approximate surface area is 180 Å². The third kappa shape index (κ3) is 4.57. The molecule has 30 heavy (non-hydrogen) atoms. The van der Waals surface area contributed by atoms with E-state index in [4.69, 9.17) is 14.2 Å². The molecule has 0 saturated carbocycles. The van der Waals surface area contributed by atoms with Crippen molar-refractivity contribution >= 4 is 27.5 Å². The summed E-state index contributed by atoms with van der Waals surface area (Å²) in [4.78, 5) is 18.1. The number of carbonyl (C=O) groups is 1. The zero-order valence-corrected chi connectivity index (χ0v) is 18.3. The van der Waals surface area contributed by atoms with Crippen LogP contribution in [-0.2, 0) is 6.54 Å². The SMILES string of the molecule is C=CCn1c(=NC(=O)c2cc(OCC)c(OCC)c(OCC)c2)sc2ccccc21. The second-order valence-electron chi connectivity index (χ2n) is 6.27. The minimum atomic E-state index is -0.371. The number of ether oxygens (including phenoxy) is 3. The third-order valence-corrected chi connectivity index (χ3v) is 5.31. The summed E-state index contributed by atoms with van der Waals surface area (Å²) < 4.78 is 20.2. The fourth-order valence-electron chi connectivity index (χ4n) is 3.08. The van der Waals surface area contributed by atoms with Gasteiger partial charge in [0, 0.05) is 12.1 Å². The first-order valence-corrected chi connectivity index (χ1v) is 10.8. The Kier molecular flexibility index (Phi) is 7.30. The maximum atomic E-state index is 13.1. The average molecular weight is 427 g/mol. The lowest BCUT2D eigenvalue weighted by Crippen LogP contribution is -2.16. The predicted molar refractivity (Wildman–Crippen MR) is 120 cm³/mol. The van der Waals surface area contributed by atoms with E-state index in [0.717, 1.165) is 10.2 Å². The lowest BCUT2D eigenvalue weighted by molar-refractivity contribution is 0.0996. The Balaban J connectivity index is 2.12. The van der Waals surface area contributed by atoms with Crippen molar-refractivity contribution in [2.45, 2.75) is 27.3 Å². The molecule has 0 fully saturated rings. The largest absolute Gasteiger partial charge is 0.490 e. The van der Waals surface area contributed by atoms with Crippen LogP contribution in [0, 0.1) is 0 Å². The van der Waals surface area contributed by atoms with E-state index in [-0.39, 0.29) is 5.91 Å². The number of allylic oxidation sites excluding steroid dienone is 1. The number of hydrogen-bond donors (Lipinski definition) is 0.